The maximum Gasteiger partial charge on any atom is 0.237 e. The number of nitrogens with one attached hydrogen (secondary N) is 1. The van der Waals surface area contributed by atoms with Crippen molar-refractivity contribution in [2.45, 2.75) is 52.5 Å². The van der Waals surface area contributed by atoms with Crippen LogP contribution < -0.4 is 5.32 Å². The number of hydrogen-bond donors (Lipinski definition) is 1. The van der Waals surface area contributed by atoms with Crippen molar-refractivity contribution in [3.05, 3.63) is 48.3 Å². The van der Waals surface area contributed by atoms with Gasteiger partial charge in [-0.15, -0.1) is 0 Å². The fraction of sp³-hybridized carbons (Fsp3) is 0.524. The normalized spacial score (nSPS) is 22.0. The molecule has 3 atom stereocenters. The third-order valence-electron chi connectivity index (χ3n) is 4.86. The van der Waals surface area contributed by atoms with E-state index in [1.54, 1.807) is 6.20 Å². The Labute approximate surface area is 161 Å². The van der Waals surface area contributed by atoms with Crippen LogP contribution in [0.15, 0.2) is 42.7 Å². The Kier molecular flexibility index (Phi) is 6.29. The van der Waals surface area contributed by atoms with Crippen LogP contribution in [0, 0.1) is 5.92 Å². The van der Waals surface area contributed by atoms with E-state index in [1.165, 1.54) is 0 Å². The number of rotatable bonds is 6. The van der Waals surface area contributed by atoms with Crippen molar-refractivity contribution in [2.75, 3.05) is 13.1 Å². The monoisotopic (exact) mass is 370 g/mol. The molecule has 2 heterocycles. The minimum atomic E-state index is -0.150. The topological polar surface area (TPSA) is 59.4 Å². The highest BCUT2D eigenvalue weighted by atomic mass is 16.5. The van der Waals surface area contributed by atoms with Gasteiger partial charge in [0.1, 0.15) is 0 Å². The molecule has 0 spiro atoms. The molecule has 1 aliphatic heterocycles. The minimum Gasteiger partial charge on any atom is -0.373 e. The van der Waals surface area contributed by atoms with Gasteiger partial charge >= 0.3 is 0 Å². The van der Waals surface area contributed by atoms with Crippen molar-refractivity contribution in [3.8, 4) is 5.69 Å². The molecule has 1 amide bonds. The molecule has 2 aromatic rings. The lowest BCUT2D eigenvalue weighted by atomic mass is 9.99. The van der Waals surface area contributed by atoms with Crippen LogP contribution in [0.3, 0.4) is 0 Å². The van der Waals surface area contributed by atoms with E-state index in [1.807, 2.05) is 41.2 Å². The van der Waals surface area contributed by atoms with Crippen molar-refractivity contribution in [1.29, 1.82) is 0 Å². The number of morpholine rings is 1. The summed E-state index contributed by atoms with van der Waals surface area (Å²) in [5, 5.41) is 7.49. The van der Waals surface area contributed by atoms with Gasteiger partial charge < -0.3 is 10.1 Å². The molecule has 1 aromatic heterocycles. The van der Waals surface area contributed by atoms with Crippen LogP contribution in [0.2, 0.25) is 0 Å². The van der Waals surface area contributed by atoms with Crippen LogP contribution in [0.5, 0.6) is 0 Å². The maximum absolute atomic E-state index is 12.9. The van der Waals surface area contributed by atoms with Gasteiger partial charge in [-0.05, 0) is 31.9 Å². The molecule has 146 valence electrons. The molecule has 1 aromatic carbocycles. The fourth-order valence-corrected chi connectivity index (χ4v) is 3.80. The minimum absolute atomic E-state index is 0.0683. The van der Waals surface area contributed by atoms with Crippen LogP contribution in [0.4, 0.5) is 0 Å². The number of carbonyl (C=O) groups excluding carboxylic acids is 1. The second-order valence-corrected chi connectivity index (χ2v) is 7.75. The number of hydrogen-bond acceptors (Lipinski definition) is 4. The van der Waals surface area contributed by atoms with Crippen molar-refractivity contribution >= 4 is 5.91 Å². The lowest BCUT2D eigenvalue weighted by molar-refractivity contribution is -0.135. The lowest BCUT2D eigenvalue weighted by Crippen LogP contribution is -2.56. The molecule has 0 radical (unpaired) electrons. The zero-order valence-corrected chi connectivity index (χ0v) is 16.6. The van der Waals surface area contributed by atoms with E-state index in [0.717, 1.165) is 24.3 Å². The highest BCUT2D eigenvalue weighted by Gasteiger charge is 2.33. The van der Waals surface area contributed by atoms with Gasteiger partial charge in [0.15, 0.2) is 0 Å². The summed E-state index contributed by atoms with van der Waals surface area (Å²) in [6.45, 7) is 10.4. The third-order valence-corrected chi connectivity index (χ3v) is 4.86. The number of para-hydroxylation sites is 1. The van der Waals surface area contributed by atoms with Crippen LogP contribution in [0.25, 0.3) is 5.69 Å². The van der Waals surface area contributed by atoms with Crippen molar-refractivity contribution in [3.63, 3.8) is 0 Å². The predicted molar refractivity (Wildman–Crippen MR) is 106 cm³/mol. The highest BCUT2D eigenvalue weighted by Crippen LogP contribution is 2.19. The lowest BCUT2D eigenvalue weighted by Gasteiger charge is -2.41. The number of ether oxygens (including phenoxy) is 1. The molecule has 3 rings (SSSR count). The molecular formula is C21H30N4O2. The first kappa shape index (κ1) is 19.6. The first-order chi connectivity index (χ1) is 12.9. The first-order valence-corrected chi connectivity index (χ1v) is 9.70. The van der Waals surface area contributed by atoms with E-state index >= 15 is 0 Å². The molecule has 0 bridgehead atoms. The summed E-state index contributed by atoms with van der Waals surface area (Å²) < 4.78 is 7.64. The van der Waals surface area contributed by atoms with E-state index in [2.05, 4.69) is 43.0 Å². The number of nitrogens with zero attached hydrogens (tertiary/aromatic N) is 3. The number of carbonyl (C=O) groups is 1. The summed E-state index contributed by atoms with van der Waals surface area (Å²) in [4.78, 5) is 15.2. The summed E-state index contributed by atoms with van der Waals surface area (Å²) >= 11 is 0. The molecular weight excluding hydrogens is 340 g/mol. The Morgan fingerprint density at radius 2 is 1.89 bits per heavy atom. The Morgan fingerprint density at radius 3 is 2.52 bits per heavy atom. The van der Waals surface area contributed by atoms with Gasteiger partial charge in [0, 0.05) is 31.4 Å². The standard InChI is InChI=1S/C21H30N4O2/c1-15(2)20(24-12-16(3)27-17(4)13-24)21(26)22-10-18-11-23-25(14-18)19-8-6-5-7-9-19/h5-9,11,14-17,20H,10,12-13H2,1-4H3,(H,22,26). The van der Waals surface area contributed by atoms with Crippen LogP contribution in [0.1, 0.15) is 33.3 Å². The van der Waals surface area contributed by atoms with Gasteiger partial charge in [0.05, 0.1) is 30.1 Å². The number of benzene rings is 1. The summed E-state index contributed by atoms with van der Waals surface area (Å²) in [6, 6.07) is 9.80. The van der Waals surface area contributed by atoms with Crippen molar-refractivity contribution in [1.82, 2.24) is 20.0 Å². The molecule has 3 unspecified atom stereocenters. The summed E-state index contributed by atoms with van der Waals surface area (Å²) in [7, 11) is 0. The average Bonchev–Trinajstić information content (AvgIpc) is 3.09. The van der Waals surface area contributed by atoms with Crippen molar-refractivity contribution in [2.24, 2.45) is 5.92 Å². The molecule has 27 heavy (non-hydrogen) atoms. The molecule has 1 aliphatic rings. The van der Waals surface area contributed by atoms with E-state index in [0.29, 0.717) is 6.54 Å². The van der Waals surface area contributed by atoms with Crippen LogP contribution in [-0.4, -0.2) is 51.9 Å². The van der Waals surface area contributed by atoms with E-state index in [4.69, 9.17) is 4.74 Å². The van der Waals surface area contributed by atoms with Gasteiger partial charge in [-0.25, -0.2) is 4.68 Å². The summed E-state index contributed by atoms with van der Waals surface area (Å²) in [5.41, 5.74) is 1.99. The Hall–Kier alpha value is -2.18. The molecule has 0 saturated carbocycles. The Morgan fingerprint density at radius 1 is 1.22 bits per heavy atom. The quantitative estimate of drug-likeness (QED) is 0.849. The largest absolute Gasteiger partial charge is 0.373 e. The fourth-order valence-electron chi connectivity index (χ4n) is 3.80. The molecule has 6 nitrogen and oxygen atoms in total. The predicted octanol–water partition coefficient (Wildman–Crippen LogP) is 2.62. The second kappa shape index (κ2) is 8.67. The highest BCUT2D eigenvalue weighted by molar-refractivity contribution is 5.82. The van der Waals surface area contributed by atoms with Crippen molar-refractivity contribution < 1.29 is 9.53 Å². The number of aromatic nitrogens is 2. The van der Waals surface area contributed by atoms with Gasteiger partial charge in [-0.3, -0.25) is 9.69 Å². The second-order valence-electron chi connectivity index (χ2n) is 7.75. The first-order valence-electron chi connectivity index (χ1n) is 9.70. The molecule has 1 fully saturated rings. The SMILES string of the molecule is CC1CN(C(C(=O)NCc2cnn(-c3ccccc3)c2)C(C)C)CC(C)O1. The maximum atomic E-state index is 12.9. The molecule has 0 aliphatic carbocycles. The summed E-state index contributed by atoms with van der Waals surface area (Å²) in [6.07, 6.45) is 4.05. The zero-order chi connectivity index (χ0) is 19.4. The van der Waals surface area contributed by atoms with E-state index in [-0.39, 0.29) is 30.1 Å². The molecule has 1 N–H and O–H groups in total. The smallest absolute Gasteiger partial charge is 0.237 e. The molecule has 1 saturated heterocycles. The van der Waals surface area contributed by atoms with Gasteiger partial charge in [-0.1, -0.05) is 32.0 Å². The van der Waals surface area contributed by atoms with Crippen LogP contribution >= 0.6 is 0 Å². The van der Waals surface area contributed by atoms with Gasteiger partial charge in [0.25, 0.3) is 0 Å². The summed E-state index contributed by atoms with van der Waals surface area (Å²) in [5.74, 6) is 0.299. The Balaban J connectivity index is 1.62. The Bertz CT molecular complexity index is 734. The number of amides is 1. The average molecular weight is 370 g/mol. The zero-order valence-electron chi connectivity index (χ0n) is 16.6. The van der Waals surface area contributed by atoms with E-state index < -0.39 is 0 Å². The molecule has 6 heteroatoms. The van der Waals surface area contributed by atoms with E-state index in [9.17, 15) is 4.79 Å². The third kappa shape index (κ3) is 4.96. The van der Waals surface area contributed by atoms with Gasteiger partial charge in [-0.2, -0.15) is 5.10 Å². The van der Waals surface area contributed by atoms with Crippen LogP contribution in [-0.2, 0) is 16.1 Å². The van der Waals surface area contributed by atoms with Gasteiger partial charge in [0.2, 0.25) is 5.91 Å².